The summed E-state index contributed by atoms with van der Waals surface area (Å²) in [4.78, 5) is 20.1. The van der Waals surface area contributed by atoms with Crippen molar-refractivity contribution in [3.8, 4) is 0 Å². The maximum atomic E-state index is 10.9. The van der Waals surface area contributed by atoms with Crippen molar-refractivity contribution in [3.05, 3.63) is 11.1 Å². The molecule has 21 heavy (non-hydrogen) atoms. The lowest BCUT2D eigenvalue weighted by molar-refractivity contribution is -0.138. The summed E-state index contributed by atoms with van der Waals surface area (Å²) in [6.07, 6.45) is 5.42. The fraction of sp³-hybridized carbons (Fsp3) is 0.714. The number of thiazole rings is 1. The van der Waals surface area contributed by atoms with Crippen LogP contribution in [0.2, 0.25) is 0 Å². The van der Waals surface area contributed by atoms with Crippen LogP contribution in [0.1, 0.15) is 37.4 Å². The van der Waals surface area contributed by atoms with E-state index in [4.69, 9.17) is 10.8 Å². The number of carboxylic acid groups (broad SMARTS) is 1. The summed E-state index contributed by atoms with van der Waals surface area (Å²) < 4.78 is 0. The first-order valence-electron chi connectivity index (χ1n) is 7.58. The summed E-state index contributed by atoms with van der Waals surface area (Å²) in [5.41, 5.74) is 6.06. The topological polar surface area (TPSA) is 82.7 Å². The highest BCUT2D eigenvalue weighted by Gasteiger charge is 2.27. The molecule has 0 aromatic carbocycles. The van der Waals surface area contributed by atoms with E-state index in [1.54, 1.807) is 5.38 Å². The fourth-order valence-corrected chi connectivity index (χ4v) is 4.15. The van der Waals surface area contributed by atoms with Crippen molar-refractivity contribution < 1.29 is 9.90 Å². The Bertz CT molecular complexity index is 493. The summed E-state index contributed by atoms with van der Waals surface area (Å²) in [7, 11) is 0. The Morgan fingerprint density at radius 2 is 2.00 bits per heavy atom. The average Bonchev–Trinajstić information content (AvgIpc) is 3.18. The molecule has 2 fully saturated rings. The maximum Gasteiger partial charge on any atom is 0.326 e. The van der Waals surface area contributed by atoms with Crippen LogP contribution in [0.15, 0.2) is 5.38 Å². The van der Waals surface area contributed by atoms with Gasteiger partial charge in [-0.25, -0.2) is 4.98 Å². The van der Waals surface area contributed by atoms with E-state index in [0.717, 1.165) is 37.4 Å². The number of hydrogen-bond donors (Lipinski definition) is 2. The largest absolute Gasteiger partial charge is 0.480 e. The molecule has 3 rings (SSSR count). The monoisotopic (exact) mass is 310 g/mol. The summed E-state index contributed by atoms with van der Waals surface area (Å²) in [5, 5.41) is 11.6. The van der Waals surface area contributed by atoms with Gasteiger partial charge in [-0.1, -0.05) is 12.8 Å². The Balaban J connectivity index is 1.58. The molecule has 1 aliphatic heterocycles. The van der Waals surface area contributed by atoms with Gasteiger partial charge in [-0.3, -0.25) is 9.69 Å². The molecule has 0 radical (unpaired) electrons. The van der Waals surface area contributed by atoms with Crippen molar-refractivity contribution in [2.45, 2.75) is 37.8 Å². The van der Waals surface area contributed by atoms with Crippen LogP contribution in [0.4, 0.5) is 5.13 Å². The van der Waals surface area contributed by atoms with E-state index in [1.807, 2.05) is 0 Å². The van der Waals surface area contributed by atoms with E-state index in [9.17, 15) is 4.79 Å². The summed E-state index contributed by atoms with van der Waals surface area (Å²) in [6.45, 7) is 4.08. The zero-order chi connectivity index (χ0) is 14.8. The number of nitrogens with two attached hydrogens (primary N) is 1. The van der Waals surface area contributed by atoms with Crippen LogP contribution in [0.5, 0.6) is 0 Å². The second-order valence-corrected chi connectivity index (χ2v) is 6.67. The quantitative estimate of drug-likeness (QED) is 0.872. The van der Waals surface area contributed by atoms with E-state index >= 15 is 0 Å². The first-order chi connectivity index (χ1) is 10.1. The number of nitrogens with zero attached hydrogens (tertiary/aromatic N) is 3. The van der Waals surface area contributed by atoms with E-state index < -0.39 is 12.0 Å². The molecule has 0 spiro atoms. The number of aliphatic carboxylic acids is 1. The van der Waals surface area contributed by atoms with Crippen LogP contribution in [-0.4, -0.2) is 53.2 Å². The Labute approximate surface area is 128 Å². The molecule has 0 amide bonds. The van der Waals surface area contributed by atoms with E-state index in [2.05, 4.69) is 14.8 Å². The number of anilines is 1. The second-order valence-electron chi connectivity index (χ2n) is 5.83. The second kappa shape index (κ2) is 6.29. The van der Waals surface area contributed by atoms with Gasteiger partial charge in [-0.2, -0.15) is 0 Å². The van der Waals surface area contributed by atoms with Gasteiger partial charge in [0, 0.05) is 37.6 Å². The van der Waals surface area contributed by atoms with Crippen LogP contribution in [0.25, 0.3) is 0 Å². The maximum absolute atomic E-state index is 10.9. The van der Waals surface area contributed by atoms with Crippen LogP contribution in [0, 0.1) is 0 Å². The lowest BCUT2D eigenvalue weighted by atomic mass is 10.2. The third-order valence-corrected chi connectivity index (χ3v) is 5.44. The van der Waals surface area contributed by atoms with Gasteiger partial charge in [-0.15, -0.1) is 11.3 Å². The van der Waals surface area contributed by atoms with E-state index in [-0.39, 0.29) is 0 Å². The predicted octanol–water partition coefficient (Wildman–Crippen LogP) is 1.29. The van der Waals surface area contributed by atoms with Crippen molar-refractivity contribution in [3.63, 3.8) is 0 Å². The minimum absolute atomic E-state index is 0.459. The lowest BCUT2D eigenvalue weighted by Crippen LogP contribution is -2.49. The van der Waals surface area contributed by atoms with Gasteiger partial charge in [0.25, 0.3) is 0 Å². The molecule has 1 aromatic rings. The standard InChI is InChI=1S/C14H22N4O2S/c15-12(13(19)20)11-9-21-14(16-11)18-7-5-17(6-8-18)10-3-1-2-4-10/h9-10,12H,1-8,15H2,(H,19,20). The average molecular weight is 310 g/mol. The number of rotatable bonds is 4. The van der Waals surface area contributed by atoms with Gasteiger partial charge in [-0.05, 0) is 12.8 Å². The lowest BCUT2D eigenvalue weighted by Gasteiger charge is -2.37. The fourth-order valence-electron chi connectivity index (χ4n) is 3.24. The molecule has 7 heteroatoms. The molecule has 6 nitrogen and oxygen atoms in total. The molecule has 1 aliphatic carbocycles. The van der Waals surface area contributed by atoms with Crippen molar-refractivity contribution in [1.82, 2.24) is 9.88 Å². The zero-order valence-electron chi connectivity index (χ0n) is 12.1. The number of hydrogen-bond acceptors (Lipinski definition) is 6. The summed E-state index contributed by atoms with van der Waals surface area (Å²) in [6, 6.07) is -0.241. The zero-order valence-corrected chi connectivity index (χ0v) is 12.9. The van der Waals surface area contributed by atoms with Crippen LogP contribution >= 0.6 is 11.3 Å². The molecular weight excluding hydrogens is 288 g/mol. The molecule has 0 bridgehead atoms. The summed E-state index contributed by atoms with van der Waals surface area (Å²) in [5.74, 6) is -1.03. The molecule has 116 valence electrons. The Hall–Kier alpha value is -1.18. The molecule has 3 N–H and O–H groups in total. The molecule has 1 unspecified atom stereocenters. The molecule has 1 saturated heterocycles. The van der Waals surface area contributed by atoms with Crippen molar-refractivity contribution in [1.29, 1.82) is 0 Å². The molecule has 1 saturated carbocycles. The van der Waals surface area contributed by atoms with Crippen LogP contribution in [0.3, 0.4) is 0 Å². The van der Waals surface area contributed by atoms with Crippen molar-refractivity contribution >= 4 is 22.4 Å². The Morgan fingerprint density at radius 3 is 2.62 bits per heavy atom. The predicted molar refractivity (Wildman–Crippen MR) is 82.7 cm³/mol. The van der Waals surface area contributed by atoms with Crippen molar-refractivity contribution in [2.75, 3.05) is 31.1 Å². The summed E-state index contributed by atoms with van der Waals surface area (Å²) >= 11 is 1.49. The minimum Gasteiger partial charge on any atom is -0.480 e. The Kier molecular flexibility index (Phi) is 4.42. The number of carbonyl (C=O) groups is 1. The smallest absolute Gasteiger partial charge is 0.326 e. The van der Waals surface area contributed by atoms with Gasteiger partial charge >= 0.3 is 5.97 Å². The first-order valence-corrected chi connectivity index (χ1v) is 8.46. The SMILES string of the molecule is NC(C(=O)O)c1csc(N2CCN(C3CCCC3)CC2)n1. The van der Waals surface area contributed by atoms with Gasteiger partial charge in [0.05, 0.1) is 5.69 Å². The van der Waals surface area contributed by atoms with Gasteiger partial charge < -0.3 is 15.7 Å². The molecule has 1 aromatic heterocycles. The number of carboxylic acids is 1. The highest BCUT2D eigenvalue weighted by atomic mass is 32.1. The first kappa shape index (κ1) is 14.7. The number of piperazine rings is 1. The van der Waals surface area contributed by atoms with Gasteiger partial charge in [0.1, 0.15) is 6.04 Å². The normalized spacial score (nSPS) is 22.6. The van der Waals surface area contributed by atoms with E-state index in [1.165, 1.54) is 37.0 Å². The highest BCUT2D eigenvalue weighted by molar-refractivity contribution is 7.13. The highest BCUT2D eigenvalue weighted by Crippen LogP contribution is 2.27. The van der Waals surface area contributed by atoms with Gasteiger partial charge in [0.2, 0.25) is 0 Å². The minimum atomic E-state index is -1.03. The van der Waals surface area contributed by atoms with Crippen molar-refractivity contribution in [2.24, 2.45) is 5.73 Å². The molecule has 2 aliphatic rings. The number of aromatic nitrogens is 1. The Morgan fingerprint density at radius 1 is 1.33 bits per heavy atom. The molecule has 2 heterocycles. The van der Waals surface area contributed by atoms with Gasteiger partial charge in [0.15, 0.2) is 5.13 Å². The third-order valence-electron chi connectivity index (χ3n) is 4.52. The van der Waals surface area contributed by atoms with Crippen LogP contribution in [-0.2, 0) is 4.79 Å². The third kappa shape index (κ3) is 3.20. The van der Waals surface area contributed by atoms with Crippen LogP contribution < -0.4 is 10.6 Å². The molecular formula is C14H22N4O2S. The molecule has 1 atom stereocenters. The van der Waals surface area contributed by atoms with E-state index in [0.29, 0.717) is 5.69 Å².